The lowest BCUT2D eigenvalue weighted by Gasteiger charge is -2.11. The number of nitrogens with one attached hydrogen (secondary N) is 2. The highest BCUT2D eigenvalue weighted by molar-refractivity contribution is 7.92. The molecule has 0 aromatic heterocycles. The standard InChI is InChI=1S/C21H28N2O2S.ClH/c1-4-11-22-20-12-17-5-8-19(13-18(17)14-20)23-26(24,25)21-9-6-16(7-10-21)15(2)3;/h5-10,13,15,20,22-23H,4,11-12,14H2,1-3H3;1H. The van der Waals surface area contributed by atoms with Gasteiger partial charge in [-0.05, 0) is 72.7 Å². The van der Waals surface area contributed by atoms with Crippen LogP contribution in [0.15, 0.2) is 47.4 Å². The first-order chi connectivity index (χ1) is 12.4. The highest BCUT2D eigenvalue weighted by Crippen LogP contribution is 2.27. The van der Waals surface area contributed by atoms with Crippen molar-refractivity contribution in [1.29, 1.82) is 0 Å². The van der Waals surface area contributed by atoms with Crippen LogP contribution in [0.1, 0.15) is 49.8 Å². The summed E-state index contributed by atoms with van der Waals surface area (Å²) in [4.78, 5) is 0.296. The van der Waals surface area contributed by atoms with E-state index in [-0.39, 0.29) is 12.4 Å². The summed E-state index contributed by atoms with van der Waals surface area (Å²) in [5.41, 5.74) is 4.30. The molecule has 1 atom stereocenters. The Balaban J connectivity index is 0.00000261. The topological polar surface area (TPSA) is 58.2 Å². The highest BCUT2D eigenvalue weighted by atomic mass is 35.5. The minimum Gasteiger partial charge on any atom is -0.313 e. The molecule has 0 spiro atoms. The van der Waals surface area contributed by atoms with Crippen LogP contribution in [0.4, 0.5) is 5.69 Å². The average Bonchev–Trinajstić information content (AvgIpc) is 3.01. The first kappa shape index (κ1) is 21.7. The molecule has 0 aliphatic heterocycles. The zero-order valence-electron chi connectivity index (χ0n) is 16.2. The number of hydrogen-bond acceptors (Lipinski definition) is 3. The van der Waals surface area contributed by atoms with E-state index in [1.165, 1.54) is 11.1 Å². The fourth-order valence-corrected chi connectivity index (χ4v) is 4.47. The van der Waals surface area contributed by atoms with E-state index in [4.69, 9.17) is 0 Å². The molecule has 0 saturated heterocycles. The summed E-state index contributed by atoms with van der Waals surface area (Å²) in [6.45, 7) is 7.37. The van der Waals surface area contributed by atoms with Crippen LogP contribution in [0, 0.1) is 0 Å². The maximum atomic E-state index is 12.7. The molecule has 148 valence electrons. The molecule has 2 aromatic carbocycles. The van der Waals surface area contributed by atoms with E-state index in [2.05, 4.69) is 30.8 Å². The van der Waals surface area contributed by atoms with Crippen molar-refractivity contribution in [2.45, 2.75) is 56.9 Å². The van der Waals surface area contributed by atoms with E-state index in [9.17, 15) is 8.42 Å². The summed E-state index contributed by atoms with van der Waals surface area (Å²) in [6.07, 6.45) is 3.08. The third kappa shape index (κ3) is 5.24. The van der Waals surface area contributed by atoms with Crippen LogP contribution >= 0.6 is 12.4 Å². The van der Waals surface area contributed by atoms with E-state index in [0.717, 1.165) is 31.4 Å². The Bertz CT molecular complexity index is 864. The van der Waals surface area contributed by atoms with Gasteiger partial charge in [-0.3, -0.25) is 4.72 Å². The number of anilines is 1. The number of rotatable bonds is 7. The molecule has 2 aromatic rings. The van der Waals surface area contributed by atoms with Crippen LogP contribution in [0.5, 0.6) is 0 Å². The molecule has 1 aliphatic rings. The summed E-state index contributed by atoms with van der Waals surface area (Å²) in [7, 11) is -3.57. The smallest absolute Gasteiger partial charge is 0.261 e. The van der Waals surface area contributed by atoms with Gasteiger partial charge < -0.3 is 5.32 Å². The Morgan fingerprint density at radius 2 is 1.70 bits per heavy atom. The Morgan fingerprint density at radius 3 is 2.33 bits per heavy atom. The number of fused-ring (bicyclic) bond motifs is 1. The zero-order valence-corrected chi connectivity index (χ0v) is 17.8. The molecule has 0 bridgehead atoms. The van der Waals surface area contributed by atoms with E-state index < -0.39 is 10.0 Å². The van der Waals surface area contributed by atoms with Crippen LogP contribution in [-0.4, -0.2) is 21.0 Å². The van der Waals surface area contributed by atoms with E-state index in [1.54, 1.807) is 12.1 Å². The molecular formula is C21H29ClN2O2S. The first-order valence-corrected chi connectivity index (χ1v) is 10.9. The fourth-order valence-electron chi connectivity index (χ4n) is 3.42. The number of benzene rings is 2. The molecule has 0 radical (unpaired) electrons. The van der Waals surface area contributed by atoms with E-state index in [0.29, 0.717) is 22.5 Å². The predicted molar refractivity (Wildman–Crippen MR) is 115 cm³/mol. The molecule has 2 N–H and O–H groups in total. The average molecular weight is 409 g/mol. The largest absolute Gasteiger partial charge is 0.313 e. The quantitative estimate of drug-likeness (QED) is 0.709. The second-order valence-corrected chi connectivity index (χ2v) is 9.05. The molecule has 27 heavy (non-hydrogen) atoms. The normalized spacial score (nSPS) is 16.1. The van der Waals surface area contributed by atoms with Gasteiger partial charge in [0.2, 0.25) is 0 Å². The van der Waals surface area contributed by atoms with Gasteiger partial charge in [-0.2, -0.15) is 0 Å². The molecule has 1 aliphatic carbocycles. The van der Waals surface area contributed by atoms with Gasteiger partial charge in [0.15, 0.2) is 0 Å². The van der Waals surface area contributed by atoms with Crippen LogP contribution < -0.4 is 10.0 Å². The summed E-state index contributed by atoms with van der Waals surface area (Å²) in [5, 5.41) is 3.55. The van der Waals surface area contributed by atoms with Gasteiger partial charge in [-0.15, -0.1) is 12.4 Å². The van der Waals surface area contributed by atoms with Gasteiger partial charge in [-0.25, -0.2) is 8.42 Å². The highest BCUT2D eigenvalue weighted by Gasteiger charge is 2.22. The van der Waals surface area contributed by atoms with Crippen molar-refractivity contribution in [1.82, 2.24) is 5.32 Å². The van der Waals surface area contributed by atoms with Crippen molar-refractivity contribution in [2.75, 3.05) is 11.3 Å². The summed E-state index contributed by atoms with van der Waals surface area (Å²) in [5.74, 6) is 0.380. The van der Waals surface area contributed by atoms with Crippen molar-refractivity contribution in [3.63, 3.8) is 0 Å². The number of hydrogen-bond donors (Lipinski definition) is 2. The minimum atomic E-state index is -3.57. The molecule has 0 amide bonds. The third-order valence-electron chi connectivity index (χ3n) is 4.93. The molecule has 6 heteroatoms. The van der Waals surface area contributed by atoms with Crippen LogP contribution in [0.25, 0.3) is 0 Å². The molecule has 3 rings (SSSR count). The van der Waals surface area contributed by atoms with Crippen molar-refractivity contribution >= 4 is 28.1 Å². The van der Waals surface area contributed by atoms with Crippen molar-refractivity contribution in [2.24, 2.45) is 0 Å². The van der Waals surface area contributed by atoms with Crippen molar-refractivity contribution < 1.29 is 8.42 Å². The fraction of sp³-hybridized carbons (Fsp3) is 0.429. The van der Waals surface area contributed by atoms with Gasteiger partial charge in [0.1, 0.15) is 0 Å². The summed E-state index contributed by atoms with van der Waals surface area (Å²) < 4.78 is 28.1. The predicted octanol–water partition coefficient (Wildman–Crippen LogP) is 4.50. The van der Waals surface area contributed by atoms with E-state index >= 15 is 0 Å². The van der Waals surface area contributed by atoms with Crippen molar-refractivity contribution in [3.05, 3.63) is 59.2 Å². The molecular weight excluding hydrogens is 380 g/mol. The Labute approximate surface area is 169 Å². The number of halogens is 1. The zero-order chi connectivity index (χ0) is 18.7. The Morgan fingerprint density at radius 1 is 1.04 bits per heavy atom. The lowest BCUT2D eigenvalue weighted by Crippen LogP contribution is -2.29. The molecule has 0 heterocycles. The SMILES string of the molecule is CCCNC1Cc2ccc(NS(=O)(=O)c3ccc(C(C)C)cc3)cc2C1.Cl. The number of sulfonamides is 1. The lowest BCUT2D eigenvalue weighted by atomic mass is 10.0. The Kier molecular flexibility index (Phi) is 7.32. The summed E-state index contributed by atoms with van der Waals surface area (Å²) in [6, 6.07) is 13.5. The maximum Gasteiger partial charge on any atom is 0.261 e. The maximum absolute atomic E-state index is 12.7. The molecule has 4 nitrogen and oxygen atoms in total. The van der Waals surface area contributed by atoms with Crippen LogP contribution in [0.2, 0.25) is 0 Å². The lowest BCUT2D eigenvalue weighted by molar-refractivity contribution is 0.532. The van der Waals surface area contributed by atoms with Crippen LogP contribution in [0.3, 0.4) is 0 Å². The monoisotopic (exact) mass is 408 g/mol. The van der Waals surface area contributed by atoms with E-state index in [1.807, 2.05) is 30.3 Å². The van der Waals surface area contributed by atoms with Crippen LogP contribution in [-0.2, 0) is 22.9 Å². The molecule has 1 unspecified atom stereocenters. The van der Waals surface area contributed by atoms with Gasteiger partial charge in [0.05, 0.1) is 4.90 Å². The van der Waals surface area contributed by atoms with Gasteiger partial charge in [-0.1, -0.05) is 39.0 Å². The third-order valence-corrected chi connectivity index (χ3v) is 6.33. The second kappa shape index (κ2) is 9.09. The molecule has 0 saturated carbocycles. The van der Waals surface area contributed by atoms with Crippen molar-refractivity contribution in [3.8, 4) is 0 Å². The minimum absolute atomic E-state index is 0. The summed E-state index contributed by atoms with van der Waals surface area (Å²) >= 11 is 0. The second-order valence-electron chi connectivity index (χ2n) is 7.37. The van der Waals surface area contributed by atoms with Gasteiger partial charge in [0.25, 0.3) is 10.0 Å². The Hall–Kier alpha value is -1.56. The van der Waals surface area contributed by atoms with Gasteiger partial charge >= 0.3 is 0 Å². The molecule has 0 fully saturated rings. The van der Waals surface area contributed by atoms with Gasteiger partial charge in [0, 0.05) is 11.7 Å². The first-order valence-electron chi connectivity index (χ1n) is 9.37.